The van der Waals surface area contributed by atoms with Gasteiger partial charge in [-0.3, -0.25) is 9.59 Å². The van der Waals surface area contributed by atoms with Crippen molar-refractivity contribution in [1.29, 1.82) is 0 Å². The summed E-state index contributed by atoms with van der Waals surface area (Å²) in [5.41, 5.74) is 1.03. The first-order valence-corrected chi connectivity index (χ1v) is 10.8. The van der Waals surface area contributed by atoms with Gasteiger partial charge < -0.3 is 19.7 Å². The molecule has 182 valence electrons. The number of nitrogens with one attached hydrogen (secondary N) is 1. The van der Waals surface area contributed by atoms with Crippen LogP contribution >= 0.6 is 0 Å². The van der Waals surface area contributed by atoms with Crippen molar-refractivity contribution < 1.29 is 32.2 Å². The number of hydrogen-bond acceptors (Lipinski definition) is 4. The molecule has 0 radical (unpaired) electrons. The van der Waals surface area contributed by atoms with Gasteiger partial charge in [-0.15, -0.1) is 0 Å². The number of benzene rings is 3. The van der Waals surface area contributed by atoms with Gasteiger partial charge in [0.05, 0.1) is 18.2 Å². The third kappa shape index (κ3) is 5.40. The monoisotopic (exact) mass is 484 g/mol. The van der Waals surface area contributed by atoms with Gasteiger partial charge in [0.2, 0.25) is 0 Å². The number of methoxy groups -OCH3 is 1. The van der Waals surface area contributed by atoms with Crippen LogP contribution in [-0.4, -0.2) is 29.9 Å². The highest BCUT2D eigenvalue weighted by atomic mass is 19.4. The molecule has 1 heterocycles. The standard InChI is InChI=1S/C26H23F3N2O4/c1-16-25(33)31(14-17-6-5-7-19(12-17)26(27,28)29)15-18-13-20(10-11-22(18)35-16)30-24(32)21-8-3-4-9-23(21)34-2/h3-13,16H,14-15H2,1-2H3,(H,30,32)/t16-/m1/s1. The van der Waals surface area contributed by atoms with Crippen molar-refractivity contribution in [2.24, 2.45) is 0 Å². The lowest BCUT2D eigenvalue weighted by Gasteiger charge is -2.23. The van der Waals surface area contributed by atoms with Crippen LogP contribution in [0.4, 0.5) is 18.9 Å². The first kappa shape index (κ1) is 24.1. The summed E-state index contributed by atoms with van der Waals surface area (Å²) in [7, 11) is 1.48. The molecule has 3 aromatic carbocycles. The van der Waals surface area contributed by atoms with Crippen LogP contribution in [-0.2, 0) is 24.1 Å². The number of ether oxygens (including phenoxy) is 2. The van der Waals surface area contributed by atoms with E-state index in [0.717, 1.165) is 12.1 Å². The maximum atomic E-state index is 13.1. The Morgan fingerprint density at radius 3 is 2.63 bits per heavy atom. The van der Waals surface area contributed by atoms with Crippen LogP contribution in [0.15, 0.2) is 66.7 Å². The molecule has 1 atom stereocenters. The predicted molar refractivity (Wildman–Crippen MR) is 123 cm³/mol. The van der Waals surface area contributed by atoms with Crippen LogP contribution in [0, 0.1) is 0 Å². The van der Waals surface area contributed by atoms with Gasteiger partial charge in [0, 0.05) is 24.3 Å². The van der Waals surface area contributed by atoms with Gasteiger partial charge in [-0.05, 0) is 55.0 Å². The van der Waals surface area contributed by atoms with E-state index in [2.05, 4.69) is 5.32 Å². The van der Waals surface area contributed by atoms with Crippen molar-refractivity contribution in [3.05, 3.63) is 89.0 Å². The van der Waals surface area contributed by atoms with Crippen molar-refractivity contribution in [2.45, 2.75) is 32.3 Å². The van der Waals surface area contributed by atoms with E-state index in [0.29, 0.717) is 33.9 Å². The van der Waals surface area contributed by atoms with Gasteiger partial charge in [0.15, 0.2) is 6.10 Å². The first-order chi connectivity index (χ1) is 16.7. The van der Waals surface area contributed by atoms with Gasteiger partial charge in [0.1, 0.15) is 11.5 Å². The Morgan fingerprint density at radius 2 is 1.89 bits per heavy atom. The number of hydrogen-bond donors (Lipinski definition) is 1. The first-order valence-electron chi connectivity index (χ1n) is 10.8. The molecule has 0 aromatic heterocycles. The zero-order valence-corrected chi connectivity index (χ0v) is 19.1. The predicted octanol–water partition coefficient (Wildman–Crippen LogP) is 5.28. The normalized spacial score (nSPS) is 15.6. The third-order valence-electron chi connectivity index (χ3n) is 5.62. The Hall–Kier alpha value is -4.01. The van der Waals surface area contributed by atoms with Crippen LogP contribution in [0.2, 0.25) is 0 Å². The molecule has 1 N–H and O–H groups in total. The number of rotatable bonds is 5. The smallest absolute Gasteiger partial charge is 0.416 e. The second-order valence-electron chi connectivity index (χ2n) is 8.13. The fraction of sp³-hybridized carbons (Fsp3) is 0.231. The van der Waals surface area contributed by atoms with E-state index < -0.39 is 17.8 Å². The molecule has 0 bridgehead atoms. The molecule has 0 spiro atoms. The van der Waals surface area contributed by atoms with Gasteiger partial charge in [0.25, 0.3) is 11.8 Å². The quantitative estimate of drug-likeness (QED) is 0.536. The summed E-state index contributed by atoms with van der Waals surface area (Å²) in [6.45, 7) is 1.68. The number of carbonyl (C=O) groups is 2. The molecule has 0 unspecified atom stereocenters. The lowest BCUT2D eigenvalue weighted by atomic mass is 10.1. The largest absolute Gasteiger partial charge is 0.496 e. The second kappa shape index (κ2) is 9.69. The average Bonchev–Trinajstić information content (AvgIpc) is 2.94. The summed E-state index contributed by atoms with van der Waals surface area (Å²) >= 11 is 0. The zero-order chi connectivity index (χ0) is 25.2. The number of carbonyl (C=O) groups excluding carboxylic acids is 2. The maximum absolute atomic E-state index is 13.1. The molecule has 0 fully saturated rings. The van der Waals surface area contributed by atoms with Gasteiger partial charge >= 0.3 is 6.18 Å². The summed E-state index contributed by atoms with van der Waals surface area (Å²) < 4.78 is 50.4. The van der Waals surface area contributed by atoms with Crippen molar-refractivity contribution in [1.82, 2.24) is 4.90 Å². The van der Waals surface area contributed by atoms with Crippen molar-refractivity contribution in [2.75, 3.05) is 12.4 Å². The van der Waals surface area contributed by atoms with Gasteiger partial charge in [-0.2, -0.15) is 13.2 Å². The lowest BCUT2D eigenvalue weighted by molar-refractivity contribution is -0.138. The molecule has 6 nitrogen and oxygen atoms in total. The minimum Gasteiger partial charge on any atom is -0.496 e. The van der Waals surface area contributed by atoms with Crippen molar-refractivity contribution in [3.63, 3.8) is 0 Å². The molecule has 2 amide bonds. The third-order valence-corrected chi connectivity index (χ3v) is 5.62. The average molecular weight is 484 g/mol. The summed E-state index contributed by atoms with van der Waals surface area (Å²) in [5, 5.41) is 2.81. The molecule has 9 heteroatoms. The SMILES string of the molecule is COc1ccccc1C(=O)Nc1ccc2c(c1)CN(Cc1cccc(C(F)(F)F)c1)C(=O)[C@@H](C)O2. The zero-order valence-electron chi connectivity index (χ0n) is 19.1. The highest BCUT2D eigenvalue weighted by Crippen LogP contribution is 2.32. The number of amides is 2. The Kier molecular flexibility index (Phi) is 6.68. The highest BCUT2D eigenvalue weighted by Gasteiger charge is 2.32. The maximum Gasteiger partial charge on any atom is 0.416 e. The Bertz CT molecular complexity index is 1260. The molecule has 4 rings (SSSR count). The molecule has 35 heavy (non-hydrogen) atoms. The van der Waals surface area contributed by atoms with Crippen LogP contribution in [0.3, 0.4) is 0 Å². The van der Waals surface area contributed by atoms with E-state index in [1.165, 1.54) is 18.1 Å². The fourth-order valence-corrected chi connectivity index (χ4v) is 3.91. The molecule has 0 aliphatic carbocycles. The Balaban J connectivity index is 1.58. The van der Waals surface area contributed by atoms with Crippen LogP contribution < -0.4 is 14.8 Å². The number of fused-ring (bicyclic) bond motifs is 1. The Morgan fingerprint density at radius 1 is 1.11 bits per heavy atom. The van der Waals surface area contributed by atoms with Crippen molar-refractivity contribution >= 4 is 17.5 Å². The van der Waals surface area contributed by atoms with Crippen LogP contribution in [0.5, 0.6) is 11.5 Å². The molecule has 1 aliphatic rings. The minimum absolute atomic E-state index is 0.0201. The number of para-hydroxylation sites is 1. The lowest BCUT2D eigenvalue weighted by Crippen LogP contribution is -2.37. The molecule has 3 aromatic rings. The molecular formula is C26H23F3N2O4. The van der Waals surface area contributed by atoms with E-state index in [-0.39, 0.29) is 24.9 Å². The van der Waals surface area contributed by atoms with E-state index in [1.807, 2.05) is 0 Å². The summed E-state index contributed by atoms with van der Waals surface area (Å²) in [4.78, 5) is 27.1. The highest BCUT2D eigenvalue weighted by molar-refractivity contribution is 6.06. The number of halogens is 3. The molecule has 0 saturated heterocycles. The van der Waals surface area contributed by atoms with Gasteiger partial charge in [-0.25, -0.2) is 0 Å². The summed E-state index contributed by atoms with van der Waals surface area (Å²) in [5.74, 6) is 0.169. The van der Waals surface area contributed by atoms with Crippen LogP contribution in [0.25, 0.3) is 0 Å². The van der Waals surface area contributed by atoms with E-state index in [1.54, 1.807) is 55.5 Å². The van der Waals surface area contributed by atoms with E-state index in [4.69, 9.17) is 9.47 Å². The van der Waals surface area contributed by atoms with Crippen molar-refractivity contribution in [3.8, 4) is 11.5 Å². The topological polar surface area (TPSA) is 67.9 Å². The second-order valence-corrected chi connectivity index (χ2v) is 8.13. The van der Waals surface area contributed by atoms with Crippen LogP contribution in [0.1, 0.15) is 34.0 Å². The Labute approximate surface area is 200 Å². The molecule has 1 aliphatic heterocycles. The van der Waals surface area contributed by atoms with E-state index >= 15 is 0 Å². The summed E-state index contributed by atoms with van der Waals surface area (Å²) in [6.07, 6.45) is -5.30. The number of nitrogens with zero attached hydrogens (tertiary/aromatic N) is 1. The van der Waals surface area contributed by atoms with E-state index in [9.17, 15) is 22.8 Å². The fourth-order valence-electron chi connectivity index (χ4n) is 3.91. The number of alkyl halides is 3. The summed E-state index contributed by atoms with van der Waals surface area (Å²) in [6, 6.07) is 16.7. The molecule has 0 saturated carbocycles. The molecular weight excluding hydrogens is 461 g/mol. The number of anilines is 1. The van der Waals surface area contributed by atoms with Gasteiger partial charge in [-0.1, -0.05) is 24.3 Å². The minimum atomic E-state index is -4.48.